The molecule has 1 amide bonds. The van der Waals surface area contributed by atoms with Crippen LogP contribution in [0.4, 0.5) is 0 Å². The van der Waals surface area contributed by atoms with Crippen LogP contribution in [0.5, 0.6) is 0 Å². The summed E-state index contributed by atoms with van der Waals surface area (Å²) in [6.45, 7) is 8.20. The van der Waals surface area contributed by atoms with Gasteiger partial charge >= 0.3 is 0 Å². The Kier molecular flexibility index (Phi) is 5.80. The lowest BCUT2D eigenvalue weighted by Gasteiger charge is -2.32. The molecule has 1 heterocycles. The van der Waals surface area contributed by atoms with E-state index in [1.807, 2.05) is 0 Å². The van der Waals surface area contributed by atoms with E-state index in [0.717, 1.165) is 18.7 Å². The molecule has 0 aliphatic carbocycles. The third-order valence-electron chi connectivity index (χ3n) is 4.63. The zero-order chi connectivity index (χ0) is 15.2. The van der Waals surface area contributed by atoms with E-state index in [1.165, 1.54) is 30.4 Å². The lowest BCUT2D eigenvalue weighted by Crippen LogP contribution is -2.48. The molecule has 1 aliphatic rings. The minimum atomic E-state index is 0.130. The molecule has 2 unspecified atom stereocenters. The van der Waals surface area contributed by atoms with Crippen LogP contribution in [-0.2, 0) is 11.2 Å². The van der Waals surface area contributed by atoms with Gasteiger partial charge in [0.2, 0.25) is 5.91 Å². The van der Waals surface area contributed by atoms with E-state index in [0.29, 0.717) is 18.4 Å². The van der Waals surface area contributed by atoms with Gasteiger partial charge < -0.3 is 10.6 Å². The fraction of sp³-hybridized carbons (Fsp3) is 0.611. The van der Waals surface area contributed by atoms with Gasteiger partial charge in [0.25, 0.3) is 0 Å². The number of aryl methyl sites for hydroxylation is 2. The van der Waals surface area contributed by atoms with Crippen LogP contribution in [0.2, 0.25) is 0 Å². The van der Waals surface area contributed by atoms with Crippen molar-refractivity contribution in [2.45, 2.75) is 52.5 Å². The molecule has 1 aromatic rings. The van der Waals surface area contributed by atoms with Crippen molar-refractivity contribution in [1.82, 2.24) is 10.6 Å². The number of carbonyl (C=O) groups is 1. The summed E-state index contributed by atoms with van der Waals surface area (Å²) in [7, 11) is 0. The number of rotatable bonds is 5. The molecule has 1 saturated heterocycles. The maximum absolute atomic E-state index is 12.2. The monoisotopic (exact) mass is 288 g/mol. The number of amides is 1. The molecule has 0 radical (unpaired) electrons. The summed E-state index contributed by atoms with van der Waals surface area (Å²) >= 11 is 0. The molecule has 0 saturated carbocycles. The Morgan fingerprint density at radius 1 is 1.38 bits per heavy atom. The average Bonchev–Trinajstić information content (AvgIpc) is 2.49. The number of carbonyl (C=O) groups excluding carboxylic acids is 1. The fourth-order valence-electron chi connectivity index (χ4n) is 3.20. The van der Waals surface area contributed by atoms with Gasteiger partial charge in [-0.05, 0) is 50.3 Å². The van der Waals surface area contributed by atoms with Crippen LogP contribution in [0.15, 0.2) is 18.2 Å². The maximum Gasteiger partial charge on any atom is 0.224 e. The van der Waals surface area contributed by atoms with Gasteiger partial charge in [0, 0.05) is 12.6 Å². The second kappa shape index (κ2) is 7.60. The summed E-state index contributed by atoms with van der Waals surface area (Å²) in [5.74, 6) is 0.825. The molecule has 0 spiro atoms. The summed E-state index contributed by atoms with van der Waals surface area (Å²) < 4.78 is 0. The van der Waals surface area contributed by atoms with Crippen LogP contribution >= 0.6 is 0 Å². The Balaban J connectivity index is 1.85. The molecule has 1 aromatic carbocycles. The zero-order valence-electron chi connectivity index (χ0n) is 13.5. The van der Waals surface area contributed by atoms with E-state index in [-0.39, 0.29) is 5.91 Å². The lowest BCUT2D eigenvalue weighted by molar-refractivity contribution is -0.120. The van der Waals surface area contributed by atoms with E-state index in [2.05, 4.69) is 49.6 Å². The van der Waals surface area contributed by atoms with Gasteiger partial charge in [0.05, 0.1) is 6.42 Å². The number of piperidine rings is 1. The topological polar surface area (TPSA) is 41.1 Å². The molecule has 3 nitrogen and oxygen atoms in total. The lowest BCUT2D eigenvalue weighted by atomic mass is 9.88. The van der Waals surface area contributed by atoms with Gasteiger partial charge in [0.1, 0.15) is 0 Å². The molecule has 0 bridgehead atoms. The van der Waals surface area contributed by atoms with Gasteiger partial charge in [-0.15, -0.1) is 0 Å². The molecule has 2 rings (SSSR count). The highest BCUT2D eigenvalue weighted by molar-refractivity contribution is 5.79. The highest BCUT2D eigenvalue weighted by Crippen LogP contribution is 2.19. The van der Waals surface area contributed by atoms with Gasteiger partial charge in [-0.25, -0.2) is 0 Å². The Morgan fingerprint density at radius 3 is 2.95 bits per heavy atom. The van der Waals surface area contributed by atoms with Crippen molar-refractivity contribution in [3.8, 4) is 0 Å². The number of benzene rings is 1. The maximum atomic E-state index is 12.2. The second-order valence-corrected chi connectivity index (χ2v) is 6.28. The van der Waals surface area contributed by atoms with Crippen molar-refractivity contribution in [3.63, 3.8) is 0 Å². The van der Waals surface area contributed by atoms with Crippen LogP contribution in [0, 0.1) is 19.8 Å². The van der Waals surface area contributed by atoms with Crippen molar-refractivity contribution >= 4 is 5.91 Å². The first-order valence-electron chi connectivity index (χ1n) is 8.16. The first-order chi connectivity index (χ1) is 10.1. The highest BCUT2D eigenvalue weighted by atomic mass is 16.1. The average molecular weight is 288 g/mol. The summed E-state index contributed by atoms with van der Waals surface area (Å²) in [4.78, 5) is 12.2. The van der Waals surface area contributed by atoms with E-state index in [1.54, 1.807) is 0 Å². The molecule has 116 valence electrons. The predicted molar refractivity (Wildman–Crippen MR) is 87.4 cm³/mol. The highest BCUT2D eigenvalue weighted by Gasteiger charge is 2.23. The van der Waals surface area contributed by atoms with Crippen molar-refractivity contribution < 1.29 is 4.79 Å². The Hall–Kier alpha value is -1.35. The van der Waals surface area contributed by atoms with E-state index < -0.39 is 0 Å². The fourth-order valence-corrected chi connectivity index (χ4v) is 3.20. The first kappa shape index (κ1) is 16.0. The SMILES string of the molecule is CCC1CCCNC1CNC(=O)Cc1cc(C)ccc1C. The largest absolute Gasteiger partial charge is 0.354 e. The standard InChI is InChI=1S/C18H28N2O/c1-4-15-6-5-9-19-17(15)12-20-18(21)11-16-10-13(2)7-8-14(16)3/h7-8,10,15,17,19H,4-6,9,11-12H2,1-3H3,(H,20,21). The van der Waals surface area contributed by atoms with Crippen LogP contribution in [0.3, 0.4) is 0 Å². The molecular formula is C18H28N2O. The molecule has 2 N–H and O–H groups in total. The molecule has 3 heteroatoms. The van der Waals surface area contributed by atoms with Gasteiger partial charge in [-0.3, -0.25) is 4.79 Å². The quantitative estimate of drug-likeness (QED) is 0.874. The molecule has 0 aromatic heterocycles. The molecule has 1 aliphatic heterocycles. The Morgan fingerprint density at radius 2 is 2.19 bits per heavy atom. The Labute approximate surface area is 128 Å². The number of nitrogens with one attached hydrogen (secondary N) is 2. The smallest absolute Gasteiger partial charge is 0.224 e. The van der Waals surface area contributed by atoms with Crippen molar-refractivity contribution in [2.24, 2.45) is 5.92 Å². The van der Waals surface area contributed by atoms with Crippen LogP contribution in [0.1, 0.15) is 42.9 Å². The van der Waals surface area contributed by atoms with Crippen molar-refractivity contribution in [3.05, 3.63) is 34.9 Å². The minimum absolute atomic E-state index is 0.130. The van der Waals surface area contributed by atoms with Crippen molar-refractivity contribution in [2.75, 3.05) is 13.1 Å². The Bertz CT molecular complexity index is 484. The summed E-state index contributed by atoms with van der Waals surface area (Å²) in [6, 6.07) is 6.73. The molecule has 2 atom stereocenters. The van der Waals surface area contributed by atoms with Gasteiger partial charge in [-0.2, -0.15) is 0 Å². The third kappa shape index (κ3) is 4.57. The molecular weight excluding hydrogens is 260 g/mol. The molecule has 21 heavy (non-hydrogen) atoms. The van der Waals surface area contributed by atoms with E-state index >= 15 is 0 Å². The summed E-state index contributed by atoms with van der Waals surface area (Å²) in [5, 5.41) is 6.66. The van der Waals surface area contributed by atoms with Gasteiger partial charge in [-0.1, -0.05) is 37.1 Å². The number of hydrogen-bond acceptors (Lipinski definition) is 2. The van der Waals surface area contributed by atoms with Crippen LogP contribution in [0.25, 0.3) is 0 Å². The summed E-state index contributed by atoms with van der Waals surface area (Å²) in [6.07, 6.45) is 4.20. The van der Waals surface area contributed by atoms with Gasteiger partial charge in [0.15, 0.2) is 0 Å². The van der Waals surface area contributed by atoms with E-state index in [9.17, 15) is 4.79 Å². The van der Waals surface area contributed by atoms with Crippen LogP contribution < -0.4 is 10.6 Å². The third-order valence-corrected chi connectivity index (χ3v) is 4.63. The zero-order valence-corrected chi connectivity index (χ0v) is 13.5. The molecule has 1 fully saturated rings. The minimum Gasteiger partial charge on any atom is -0.354 e. The number of hydrogen-bond donors (Lipinski definition) is 2. The summed E-state index contributed by atoms with van der Waals surface area (Å²) in [5.41, 5.74) is 3.54. The van der Waals surface area contributed by atoms with E-state index in [4.69, 9.17) is 0 Å². The first-order valence-corrected chi connectivity index (χ1v) is 8.16. The normalized spacial score (nSPS) is 22.0. The van der Waals surface area contributed by atoms with Crippen LogP contribution in [-0.4, -0.2) is 25.0 Å². The second-order valence-electron chi connectivity index (χ2n) is 6.28. The predicted octanol–water partition coefficient (Wildman–Crippen LogP) is 2.74. The van der Waals surface area contributed by atoms with Crippen molar-refractivity contribution in [1.29, 1.82) is 0 Å².